The van der Waals surface area contributed by atoms with Gasteiger partial charge in [-0.25, -0.2) is 4.39 Å². The van der Waals surface area contributed by atoms with Gasteiger partial charge in [0.1, 0.15) is 29.5 Å². The van der Waals surface area contributed by atoms with Crippen molar-refractivity contribution >= 4 is 11.0 Å². The molecule has 0 spiro atoms. The predicted octanol–water partition coefficient (Wildman–Crippen LogP) is 7.62. The molecular weight excluding hydrogens is 464 g/mol. The van der Waals surface area contributed by atoms with Crippen LogP contribution in [0.5, 0.6) is 17.2 Å². The maximum absolute atomic E-state index is 13.8. The normalized spacial score (nSPS) is 12.1. The van der Waals surface area contributed by atoms with Crippen LogP contribution in [0, 0.1) is 5.82 Å². The van der Waals surface area contributed by atoms with E-state index in [-0.39, 0.29) is 40.1 Å². The fourth-order valence-corrected chi connectivity index (χ4v) is 3.44. The minimum atomic E-state index is -4.99. The minimum Gasteiger partial charge on any atom is -0.489 e. The van der Waals surface area contributed by atoms with E-state index < -0.39 is 28.9 Å². The second kappa shape index (κ2) is 9.09. The van der Waals surface area contributed by atoms with E-state index in [0.717, 1.165) is 11.6 Å². The molecule has 4 rings (SSSR count). The highest BCUT2D eigenvalue weighted by molar-refractivity contribution is 5.79. The largest absolute Gasteiger partial charge is 0.489 e. The van der Waals surface area contributed by atoms with Gasteiger partial charge in [0.15, 0.2) is 0 Å². The first-order valence-electron chi connectivity index (χ1n) is 10.8. The van der Waals surface area contributed by atoms with Crippen LogP contribution in [0.2, 0.25) is 0 Å². The van der Waals surface area contributed by atoms with E-state index in [4.69, 9.17) is 13.9 Å². The summed E-state index contributed by atoms with van der Waals surface area (Å²) in [5, 5.41) is -0.113. The van der Waals surface area contributed by atoms with Crippen molar-refractivity contribution in [1.29, 1.82) is 0 Å². The van der Waals surface area contributed by atoms with E-state index in [9.17, 15) is 22.4 Å². The number of benzene rings is 3. The van der Waals surface area contributed by atoms with Crippen molar-refractivity contribution in [2.24, 2.45) is 0 Å². The Morgan fingerprint density at radius 2 is 1.54 bits per heavy atom. The number of rotatable bonds is 5. The Balaban J connectivity index is 1.70. The van der Waals surface area contributed by atoms with E-state index in [1.165, 1.54) is 42.5 Å². The third kappa shape index (κ3) is 5.31. The van der Waals surface area contributed by atoms with Crippen molar-refractivity contribution < 1.29 is 31.5 Å². The number of ether oxygens (including phenoxy) is 2. The van der Waals surface area contributed by atoms with Gasteiger partial charge < -0.3 is 13.9 Å². The molecular formula is C27H22F4O4. The van der Waals surface area contributed by atoms with Crippen LogP contribution in [0.1, 0.15) is 37.7 Å². The second-order valence-electron chi connectivity index (χ2n) is 9.00. The van der Waals surface area contributed by atoms with Crippen LogP contribution in [0.25, 0.3) is 11.0 Å². The highest BCUT2D eigenvalue weighted by Crippen LogP contribution is 2.39. The highest BCUT2D eigenvalue weighted by Gasteiger charge is 2.40. The molecule has 0 aliphatic rings. The minimum absolute atomic E-state index is 0.0694. The molecule has 0 atom stereocenters. The van der Waals surface area contributed by atoms with Gasteiger partial charge in [0, 0.05) is 11.6 Å². The van der Waals surface area contributed by atoms with E-state index in [0.29, 0.717) is 0 Å². The molecule has 0 N–H and O–H groups in total. The topological polar surface area (TPSA) is 48.7 Å². The molecule has 0 fully saturated rings. The zero-order chi connectivity index (χ0) is 25.4. The lowest BCUT2D eigenvalue weighted by Gasteiger charge is -2.19. The van der Waals surface area contributed by atoms with Crippen LogP contribution in [-0.2, 0) is 18.2 Å². The Kier molecular flexibility index (Phi) is 6.32. The van der Waals surface area contributed by atoms with Gasteiger partial charge in [-0.3, -0.25) is 4.79 Å². The summed E-state index contributed by atoms with van der Waals surface area (Å²) >= 11 is 0. The summed E-state index contributed by atoms with van der Waals surface area (Å²) in [6, 6.07) is 16.3. The van der Waals surface area contributed by atoms with Crippen LogP contribution in [-0.4, -0.2) is 0 Å². The first-order valence-corrected chi connectivity index (χ1v) is 10.8. The average Bonchev–Trinajstić information content (AvgIpc) is 2.79. The third-order valence-electron chi connectivity index (χ3n) is 5.37. The Bertz CT molecular complexity index is 1410. The zero-order valence-electron chi connectivity index (χ0n) is 19.2. The quantitative estimate of drug-likeness (QED) is 0.272. The van der Waals surface area contributed by atoms with Crippen LogP contribution < -0.4 is 14.9 Å². The molecule has 182 valence electrons. The number of fused-ring (bicyclic) bond motifs is 1. The van der Waals surface area contributed by atoms with Gasteiger partial charge in [-0.1, -0.05) is 51.1 Å². The number of halogens is 4. The first kappa shape index (κ1) is 24.3. The Morgan fingerprint density at radius 3 is 2.17 bits per heavy atom. The van der Waals surface area contributed by atoms with Crippen molar-refractivity contribution in [3.05, 3.63) is 99.7 Å². The van der Waals surface area contributed by atoms with Gasteiger partial charge in [0.25, 0.3) is 5.76 Å². The first-order chi connectivity index (χ1) is 16.4. The number of hydrogen-bond donors (Lipinski definition) is 0. The zero-order valence-corrected chi connectivity index (χ0v) is 19.2. The summed E-state index contributed by atoms with van der Waals surface area (Å²) in [6.45, 7) is 5.84. The van der Waals surface area contributed by atoms with Gasteiger partial charge in [-0.15, -0.1) is 0 Å². The van der Waals surface area contributed by atoms with E-state index in [2.05, 4.69) is 0 Å². The summed E-state index contributed by atoms with van der Waals surface area (Å²) in [4.78, 5) is 13.0. The molecule has 0 radical (unpaired) electrons. The monoisotopic (exact) mass is 486 g/mol. The van der Waals surface area contributed by atoms with Gasteiger partial charge in [0.2, 0.25) is 11.2 Å². The predicted molar refractivity (Wildman–Crippen MR) is 123 cm³/mol. The van der Waals surface area contributed by atoms with E-state index >= 15 is 0 Å². The summed E-state index contributed by atoms with van der Waals surface area (Å²) in [6.07, 6.45) is -4.99. The van der Waals surface area contributed by atoms with Gasteiger partial charge in [0.05, 0.1) is 5.39 Å². The van der Waals surface area contributed by atoms with Crippen LogP contribution >= 0.6 is 0 Å². The molecule has 0 saturated heterocycles. The molecule has 8 heteroatoms. The summed E-state index contributed by atoms with van der Waals surface area (Å²) in [5.41, 5.74) is -0.243. The average molecular weight is 486 g/mol. The molecule has 4 nitrogen and oxygen atoms in total. The molecule has 35 heavy (non-hydrogen) atoms. The smallest absolute Gasteiger partial charge is 0.453 e. The summed E-state index contributed by atoms with van der Waals surface area (Å²) in [7, 11) is 0. The lowest BCUT2D eigenvalue weighted by molar-refractivity contribution is -0.154. The number of alkyl halides is 3. The van der Waals surface area contributed by atoms with Crippen molar-refractivity contribution in [2.75, 3.05) is 0 Å². The van der Waals surface area contributed by atoms with Crippen molar-refractivity contribution in [3.63, 3.8) is 0 Å². The maximum Gasteiger partial charge on any atom is 0.453 e. The maximum atomic E-state index is 13.8. The summed E-state index contributed by atoms with van der Waals surface area (Å²) < 4.78 is 71.2. The van der Waals surface area contributed by atoms with E-state index in [1.807, 2.05) is 20.8 Å². The van der Waals surface area contributed by atoms with Crippen molar-refractivity contribution in [1.82, 2.24) is 0 Å². The molecule has 3 aromatic carbocycles. The van der Waals surface area contributed by atoms with Crippen molar-refractivity contribution in [3.8, 4) is 17.2 Å². The fourth-order valence-electron chi connectivity index (χ4n) is 3.44. The number of hydrogen-bond acceptors (Lipinski definition) is 4. The second-order valence-corrected chi connectivity index (χ2v) is 9.00. The standard InChI is InChI=1S/C27H22F4O4/c1-26(2,3)17-8-10-18(11-9-17)34-24-23(32)20-13-12-19(14-22(20)35-25(24)27(29,30)31)33-15-16-6-4-5-7-21(16)28/h4-14H,15H2,1-3H3. The van der Waals surface area contributed by atoms with Crippen molar-refractivity contribution in [2.45, 2.75) is 39.0 Å². The van der Waals surface area contributed by atoms with Gasteiger partial charge in [-0.05, 0) is 41.3 Å². The molecule has 0 amide bonds. The third-order valence-corrected chi connectivity index (χ3v) is 5.37. The molecule has 0 bridgehead atoms. The molecule has 0 unspecified atom stereocenters. The van der Waals surface area contributed by atoms with Crippen LogP contribution in [0.3, 0.4) is 0 Å². The lowest BCUT2D eigenvalue weighted by atomic mass is 9.87. The Morgan fingerprint density at radius 1 is 0.886 bits per heavy atom. The molecule has 0 aliphatic heterocycles. The molecule has 4 aromatic rings. The Hall–Kier alpha value is -3.81. The van der Waals surface area contributed by atoms with Gasteiger partial charge in [-0.2, -0.15) is 13.2 Å². The molecule has 1 heterocycles. The fraction of sp³-hybridized carbons (Fsp3) is 0.222. The van der Waals surface area contributed by atoms with E-state index in [1.54, 1.807) is 18.2 Å². The highest BCUT2D eigenvalue weighted by atomic mass is 19.4. The molecule has 0 saturated carbocycles. The SMILES string of the molecule is CC(C)(C)c1ccc(Oc2c(C(F)(F)F)oc3cc(OCc4ccccc4F)ccc3c2=O)cc1. The molecule has 0 aliphatic carbocycles. The van der Waals surface area contributed by atoms with Crippen LogP contribution in [0.15, 0.2) is 75.9 Å². The Labute approximate surface area is 198 Å². The van der Waals surface area contributed by atoms with Gasteiger partial charge >= 0.3 is 6.18 Å². The lowest BCUT2D eigenvalue weighted by Crippen LogP contribution is -2.15. The molecule has 1 aromatic heterocycles. The van der Waals surface area contributed by atoms with Crippen LogP contribution in [0.4, 0.5) is 17.6 Å². The summed E-state index contributed by atoms with van der Waals surface area (Å²) in [5.74, 6) is -2.80.